The maximum Gasteiger partial charge on any atom is 0.234 e. The van der Waals surface area contributed by atoms with Crippen LogP contribution in [0, 0.1) is 0 Å². The first-order valence-electron chi connectivity index (χ1n) is 4.75. The van der Waals surface area contributed by atoms with Crippen LogP contribution in [0.1, 0.15) is 18.9 Å². The lowest BCUT2D eigenvalue weighted by atomic mass is 10.0. The van der Waals surface area contributed by atoms with Crippen molar-refractivity contribution in [3.05, 3.63) is 23.8 Å². The number of imide groups is 1. The summed E-state index contributed by atoms with van der Waals surface area (Å²) in [4.78, 5) is 23.9. The molecule has 0 radical (unpaired) electrons. The molecule has 78 valence electrons. The number of anilines is 1. The molecule has 0 bridgehead atoms. The molecule has 0 unspecified atom stereocenters. The predicted molar refractivity (Wildman–Crippen MR) is 54.6 cm³/mol. The number of rotatable bonds is 0. The minimum atomic E-state index is -0.359. The van der Waals surface area contributed by atoms with Gasteiger partial charge in [0, 0.05) is 13.3 Å². The second-order valence-corrected chi connectivity index (χ2v) is 3.53. The summed E-state index contributed by atoms with van der Waals surface area (Å²) < 4.78 is 0. The van der Waals surface area contributed by atoms with Gasteiger partial charge in [-0.05, 0) is 18.1 Å². The summed E-state index contributed by atoms with van der Waals surface area (Å²) >= 11 is 0. The van der Waals surface area contributed by atoms with Crippen molar-refractivity contribution in [2.45, 2.75) is 19.8 Å². The molecule has 4 heteroatoms. The van der Waals surface area contributed by atoms with Gasteiger partial charge in [-0.1, -0.05) is 12.1 Å². The zero-order valence-electron chi connectivity index (χ0n) is 8.36. The van der Waals surface area contributed by atoms with Crippen LogP contribution in [-0.4, -0.2) is 16.9 Å². The van der Waals surface area contributed by atoms with Gasteiger partial charge in [-0.2, -0.15) is 0 Å². The Balaban J connectivity index is 2.60. The van der Waals surface area contributed by atoms with Crippen molar-refractivity contribution in [1.82, 2.24) is 0 Å². The van der Waals surface area contributed by atoms with Crippen molar-refractivity contribution in [2.24, 2.45) is 0 Å². The number of fused-ring (bicyclic) bond motifs is 1. The lowest BCUT2D eigenvalue weighted by molar-refractivity contribution is -0.125. The Morgan fingerprint density at radius 3 is 2.80 bits per heavy atom. The molecule has 1 N–H and O–H groups in total. The van der Waals surface area contributed by atoms with Gasteiger partial charge in [0.2, 0.25) is 11.8 Å². The van der Waals surface area contributed by atoms with Gasteiger partial charge in [-0.25, -0.2) is 4.90 Å². The van der Waals surface area contributed by atoms with Gasteiger partial charge in [-0.15, -0.1) is 0 Å². The van der Waals surface area contributed by atoms with Gasteiger partial charge in [0.05, 0.1) is 5.69 Å². The Morgan fingerprint density at radius 2 is 2.13 bits per heavy atom. The third-order valence-electron chi connectivity index (χ3n) is 2.49. The molecule has 1 aromatic rings. The van der Waals surface area contributed by atoms with Crippen molar-refractivity contribution >= 4 is 17.5 Å². The summed E-state index contributed by atoms with van der Waals surface area (Å²) in [7, 11) is 0. The standard InChI is InChI=1S/C11H11NO3/c1-7(13)12-10(15)6-5-8-3-2-4-9(14)11(8)12/h2-4,14H,5-6H2,1H3. The molecule has 0 spiro atoms. The van der Waals surface area contributed by atoms with Gasteiger partial charge < -0.3 is 5.11 Å². The first-order valence-corrected chi connectivity index (χ1v) is 4.75. The molecular weight excluding hydrogens is 194 g/mol. The minimum Gasteiger partial charge on any atom is -0.506 e. The molecule has 2 amide bonds. The van der Waals surface area contributed by atoms with Gasteiger partial charge in [0.15, 0.2) is 0 Å². The summed E-state index contributed by atoms with van der Waals surface area (Å²) in [6.07, 6.45) is 0.891. The molecule has 1 heterocycles. The van der Waals surface area contributed by atoms with Crippen LogP contribution in [0.2, 0.25) is 0 Å². The molecule has 0 saturated heterocycles. The number of aryl methyl sites for hydroxylation is 1. The van der Waals surface area contributed by atoms with E-state index in [1.54, 1.807) is 6.07 Å². The maximum atomic E-state index is 11.5. The number of hydrogen-bond donors (Lipinski definition) is 1. The van der Waals surface area contributed by atoms with E-state index in [2.05, 4.69) is 0 Å². The molecular formula is C11H11NO3. The third-order valence-corrected chi connectivity index (χ3v) is 2.49. The zero-order chi connectivity index (χ0) is 11.0. The molecule has 1 aromatic carbocycles. The Hall–Kier alpha value is -1.84. The van der Waals surface area contributed by atoms with Crippen LogP contribution in [0.15, 0.2) is 18.2 Å². The van der Waals surface area contributed by atoms with Crippen molar-refractivity contribution in [3.8, 4) is 5.75 Å². The zero-order valence-corrected chi connectivity index (χ0v) is 8.36. The van der Waals surface area contributed by atoms with E-state index in [1.807, 2.05) is 6.07 Å². The predicted octanol–water partition coefficient (Wildman–Crippen LogP) is 1.22. The minimum absolute atomic E-state index is 0.0178. The largest absolute Gasteiger partial charge is 0.506 e. The summed E-state index contributed by atoms with van der Waals surface area (Å²) in [5, 5.41) is 9.65. The highest BCUT2D eigenvalue weighted by molar-refractivity contribution is 6.16. The fourth-order valence-corrected chi connectivity index (χ4v) is 1.85. The Labute approximate surface area is 87.1 Å². The highest BCUT2D eigenvalue weighted by Gasteiger charge is 2.29. The molecule has 2 rings (SSSR count). The molecule has 0 atom stereocenters. The average Bonchev–Trinajstić information content (AvgIpc) is 2.18. The Kier molecular flexibility index (Phi) is 2.19. The van der Waals surface area contributed by atoms with Crippen molar-refractivity contribution in [3.63, 3.8) is 0 Å². The van der Waals surface area contributed by atoms with E-state index in [1.165, 1.54) is 13.0 Å². The quantitative estimate of drug-likeness (QED) is 0.692. The topological polar surface area (TPSA) is 57.6 Å². The number of amides is 2. The van der Waals surface area contributed by atoms with E-state index in [0.717, 1.165) is 10.5 Å². The maximum absolute atomic E-state index is 11.5. The van der Waals surface area contributed by atoms with E-state index in [0.29, 0.717) is 18.5 Å². The second kappa shape index (κ2) is 3.38. The number of para-hydroxylation sites is 1. The molecule has 1 aliphatic heterocycles. The van der Waals surface area contributed by atoms with Crippen LogP contribution >= 0.6 is 0 Å². The highest BCUT2D eigenvalue weighted by atomic mass is 16.3. The molecule has 0 aliphatic carbocycles. The summed E-state index contributed by atoms with van der Waals surface area (Å²) in [5.41, 5.74) is 1.19. The summed E-state index contributed by atoms with van der Waals surface area (Å²) in [5.74, 6) is -0.630. The van der Waals surface area contributed by atoms with Gasteiger partial charge >= 0.3 is 0 Å². The Bertz CT molecular complexity index is 439. The number of carbonyl (C=O) groups is 2. The van der Waals surface area contributed by atoms with Crippen LogP contribution < -0.4 is 4.90 Å². The molecule has 0 aromatic heterocycles. The molecule has 0 fully saturated rings. The van der Waals surface area contributed by atoms with E-state index < -0.39 is 0 Å². The van der Waals surface area contributed by atoms with Crippen molar-refractivity contribution in [1.29, 1.82) is 0 Å². The first-order chi connectivity index (χ1) is 7.11. The average molecular weight is 205 g/mol. The summed E-state index contributed by atoms with van der Waals surface area (Å²) in [6, 6.07) is 5.01. The summed E-state index contributed by atoms with van der Waals surface area (Å²) in [6.45, 7) is 1.32. The fourth-order valence-electron chi connectivity index (χ4n) is 1.85. The van der Waals surface area contributed by atoms with Crippen molar-refractivity contribution in [2.75, 3.05) is 4.90 Å². The molecule has 0 saturated carbocycles. The molecule has 1 aliphatic rings. The number of benzene rings is 1. The van der Waals surface area contributed by atoms with Gasteiger partial charge in [0.1, 0.15) is 5.75 Å². The van der Waals surface area contributed by atoms with Crippen LogP contribution in [0.5, 0.6) is 5.75 Å². The van der Waals surface area contributed by atoms with E-state index >= 15 is 0 Å². The lowest BCUT2D eigenvalue weighted by Gasteiger charge is -2.27. The molecule has 15 heavy (non-hydrogen) atoms. The van der Waals surface area contributed by atoms with Gasteiger partial charge in [0.25, 0.3) is 0 Å². The lowest BCUT2D eigenvalue weighted by Crippen LogP contribution is -2.38. The number of nitrogens with zero attached hydrogens (tertiary/aromatic N) is 1. The van der Waals surface area contributed by atoms with E-state index in [-0.39, 0.29) is 17.6 Å². The number of phenols is 1. The fraction of sp³-hybridized carbons (Fsp3) is 0.273. The smallest absolute Gasteiger partial charge is 0.234 e. The number of carbonyl (C=O) groups excluding carboxylic acids is 2. The number of hydrogen-bond acceptors (Lipinski definition) is 3. The van der Waals surface area contributed by atoms with Crippen LogP contribution in [0.4, 0.5) is 5.69 Å². The normalized spacial score (nSPS) is 15.0. The van der Waals surface area contributed by atoms with Gasteiger partial charge in [-0.3, -0.25) is 9.59 Å². The second-order valence-electron chi connectivity index (χ2n) is 3.53. The monoisotopic (exact) mass is 205 g/mol. The number of aromatic hydroxyl groups is 1. The SMILES string of the molecule is CC(=O)N1C(=O)CCc2cccc(O)c21. The third kappa shape index (κ3) is 1.48. The Morgan fingerprint density at radius 1 is 1.40 bits per heavy atom. The highest BCUT2D eigenvalue weighted by Crippen LogP contribution is 2.35. The van der Waals surface area contributed by atoms with E-state index in [4.69, 9.17) is 0 Å². The van der Waals surface area contributed by atoms with Crippen LogP contribution in [0.25, 0.3) is 0 Å². The first kappa shape index (κ1) is 9.71. The van der Waals surface area contributed by atoms with Crippen molar-refractivity contribution < 1.29 is 14.7 Å². The van der Waals surface area contributed by atoms with Crippen LogP contribution in [0.3, 0.4) is 0 Å². The molecule has 4 nitrogen and oxygen atoms in total. The van der Waals surface area contributed by atoms with Crippen LogP contribution in [-0.2, 0) is 16.0 Å². The number of phenolic OH excluding ortho intramolecular Hbond substituents is 1. The van der Waals surface area contributed by atoms with E-state index in [9.17, 15) is 14.7 Å².